The summed E-state index contributed by atoms with van der Waals surface area (Å²) in [6, 6.07) is 0. The molecule has 4 heteroatoms. The average Bonchev–Trinajstić information content (AvgIpc) is 2.35. The van der Waals surface area contributed by atoms with E-state index in [1.54, 1.807) is 0 Å². The van der Waals surface area contributed by atoms with E-state index in [1.807, 2.05) is 0 Å². The Morgan fingerprint density at radius 2 is 2.00 bits per heavy atom. The van der Waals surface area contributed by atoms with E-state index >= 15 is 0 Å². The second kappa shape index (κ2) is 5.65. The number of hydrazine groups is 1. The van der Waals surface area contributed by atoms with E-state index < -0.39 is 0 Å². The molecule has 0 aromatic rings. The molecular formula is C13H27N3O. The summed E-state index contributed by atoms with van der Waals surface area (Å²) in [6.45, 7) is 9.08. The minimum atomic E-state index is 0.128. The van der Waals surface area contributed by atoms with Gasteiger partial charge >= 0.3 is 0 Å². The van der Waals surface area contributed by atoms with E-state index in [0.29, 0.717) is 0 Å². The zero-order chi connectivity index (χ0) is 12.3. The molecule has 4 nitrogen and oxygen atoms in total. The van der Waals surface area contributed by atoms with Crippen molar-refractivity contribution < 1.29 is 4.74 Å². The lowest BCUT2D eigenvalue weighted by atomic mass is 9.71. The summed E-state index contributed by atoms with van der Waals surface area (Å²) in [6.07, 6.45) is 3.68. The molecule has 3 N–H and O–H groups in total. The molecule has 3 unspecified atom stereocenters. The monoisotopic (exact) mass is 241 g/mol. The van der Waals surface area contributed by atoms with Crippen molar-refractivity contribution in [3.63, 3.8) is 0 Å². The lowest BCUT2D eigenvalue weighted by molar-refractivity contribution is -0.0264. The zero-order valence-electron chi connectivity index (χ0n) is 11.2. The number of nitrogens with two attached hydrogens (primary N) is 1. The van der Waals surface area contributed by atoms with E-state index in [0.717, 1.165) is 44.7 Å². The predicted molar refractivity (Wildman–Crippen MR) is 69.5 cm³/mol. The second-order valence-corrected chi connectivity index (χ2v) is 5.89. The van der Waals surface area contributed by atoms with Crippen LogP contribution in [0.5, 0.6) is 0 Å². The highest BCUT2D eigenvalue weighted by molar-refractivity contribution is 4.95. The van der Waals surface area contributed by atoms with Gasteiger partial charge in [0.15, 0.2) is 0 Å². The predicted octanol–water partition coefficient (Wildman–Crippen LogP) is 0.977. The molecule has 1 heterocycles. The summed E-state index contributed by atoms with van der Waals surface area (Å²) in [5.74, 6) is 1.60. The molecule has 3 atom stereocenters. The summed E-state index contributed by atoms with van der Waals surface area (Å²) in [5, 5.41) is 2.30. The highest BCUT2D eigenvalue weighted by Crippen LogP contribution is 2.35. The number of ether oxygens (including phenoxy) is 1. The SMILES string of the molecule is CC1CCC(CN)(NN2CCOCC2)CC1C. The summed E-state index contributed by atoms with van der Waals surface area (Å²) in [5.41, 5.74) is 9.87. The van der Waals surface area contributed by atoms with E-state index in [-0.39, 0.29) is 5.54 Å². The average molecular weight is 241 g/mol. The number of hydrogen-bond donors (Lipinski definition) is 2. The highest BCUT2D eigenvalue weighted by Gasteiger charge is 2.37. The molecule has 2 rings (SSSR count). The Morgan fingerprint density at radius 1 is 1.29 bits per heavy atom. The van der Waals surface area contributed by atoms with Gasteiger partial charge in [-0.25, -0.2) is 10.4 Å². The molecule has 0 aromatic heterocycles. The summed E-state index contributed by atoms with van der Waals surface area (Å²) < 4.78 is 5.38. The molecule has 1 aliphatic heterocycles. The Morgan fingerprint density at radius 3 is 2.59 bits per heavy atom. The van der Waals surface area contributed by atoms with Crippen molar-refractivity contribution in [1.29, 1.82) is 0 Å². The van der Waals surface area contributed by atoms with Gasteiger partial charge in [0, 0.05) is 25.2 Å². The Kier molecular flexibility index (Phi) is 4.42. The highest BCUT2D eigenvalue weighted by atomic mass is 16.5. The molecule has 2 aliphatic rings. The fraction of sp³-hybridized carbons (Fsp3) is 1.00. The first-order chi connectivity index (χ1) is 8.15. The quantitative estimate of drug-likeness (QED) is 0.773. The molecule has 0 aromatic carbocycles. The van der Waals surface area contributed by atoms with Crippen LogP contribution in [0.4, 0.5) is 0 Å². The minimum absolute atomic E-state index is 0.128. The van der Waals surface area contributed by atoms with E-state index in [2.05, 4.69) is 24.3 Å². The normalized spacial score (nSPS) is 40.4. The van der Waals surface area contributed by atoms with Crippen LogP contribution in [-0.2, 0) is 4.74 Å². The van der Waals surface area contributed by atoms with Crippen molar-refractivity contribution in [3.05, 3.63) is 0 Å². The third-order valence-corrected chi connectivity index (χ3v) is 4.56. The maximum Gasteiger partial charge on any atom is 0.0608 e. The third kappa shape index (κ3) is 3.19. The van der Waals surface area contributed by atoms with Crippen molar-refractivity contribution in [2.75, 3.05) is 32.8 Å². The van der Waals surface area contributed by atoms with Gasteiger partial charge in [0.05, 0.1) is 13.2 Å². The van der Waals surface area contributed by atoms with Crippen molar-refractivity contribution in [2.45, 2.75) is 38.6 Å². The number of rotatable bonds is 3. The Labute approximate surface area is 105 Å². The molecule has 1 saturated heterocycles. The van der Waals surface area contributed by atoms with Crippen LogP contribution in [0.2, 0.25) is 0 Å². The van der Waals surface area contributed by atoms with Crippen molar-refractivity contribution in [2.24, 2.45) is 17.6 Å². The van der Waals surface area contributed by atoms with Gasteiger partial charge < -0.3 is 10.5 Å². The first-order valence-corrected chi connectivity index (χ1v) is 6.96. The van der Waals surface area contributed by atoms with Gasteiger partial charge in [0.25, 0.3) is 0 Å². The molecule has 1 aliphatic carbocycles. The van der Waals surface area contributed by atoms with Crippen LogP contribution in [-0.4, -0.2) is 43.4 Å². The van der Waals surface area contributed by atoms with Crippen molar-refractivity contribution >= 4 is 0 Å². The lowest BCUT2D eigenvalue weighted by Crippen LogP contribution is -2.62. The van der Waals surface area contributed by atoms with Gasteiger partial charge in [0.2, 0.25) is 0 Å². The Balaban J connectivity index is 1.94. The van der Waals surface area contributed by atoms with Gasteiger partial charge in [-0.15, -0.1) is 0 Å². The third-order valence-electron chi connectivity index (χ3n) is 4.56. The Bertz CT molecular complexity index is 243. The Hall–Kier alpha value is -0.160. The van der Waals surface area contributed by atoms with Gasteiger partial charge in [-0.1, -0.05) is 13.8 Å². The van der Waals surface area contributed by atoms with E-state index in [4.69, 9.17) is 10.5 Å². The zero-order valence-corrected chi connectivity index (χ0v) is 11.2. The van der Waals surface area contributed by atoms with Gasteiger partial charge in [-0.2, -0.15) is 0 Å². The van der Waals surface area contributed by atoms with E-state index in [1.165, 1.54) is 19.3 Å². The van der Waals surface area contributed by atoms with Crippen LogP contribution in [0.15, 0.2) is 0 Å². The summed E-state index contributed by atoms with van der Waals surface area (Å²) in [7, 11) is 0. The maximum absolute atomic E-state index is 6.04. The molecular weight excluding hydrogens is 214 g/mol. The van der Waals surface area contributed by atoms with Gasteiger partial charge in [0.1, 0.15) is 0 Å². The number of morpholine rings is 1. The van der Waals surface area contributed by atoms with Crippen LogP contribution in [0, 0.1) is 11.8 Å². The molecule has 2 fully saturated rings. The molecule has 0 amide bonds. The molecule has 100 valence electrons. The van der Waals surface area contributed by atoms with Crippen LogP contribution >= 0.6 is 0 Å². The second-order valence-electron chi connectivity index (χ2n) is 5.89. The van der Waals surface area contributed by atoms with Crippen molar-refractivity contribution in [3.8, 4) is 0 Å². The van der Waals surface area contributed by atoms with Gasteiger partial charge in [-0.05, 0) is 31.1 Å². The lowest BCUT2D eigenvalue weighted by Gasteiger charge is -2.46. The van der Waals surface area contributed by atoms with Crippen LogP contribution in [0.3, 0.4) is 0 Å². The van der Waals surface area contributed by atoms with E-state index in [9.17, 15) is 0 Å². The standard InChI is InChI=1S/C13H27N3O/c1-11-3-4-13(10-14,9-12(11)2)15-16-5-7-17-8-6-16/h11-12,15H,3-10,14H2,1-2H3. The number of hydrogen-bond acceptors (Lipinski definition) is 4. The minimum Gasteiger partial charge on any atom is -0.379 e. The molecule has 17 heavy (non-hydrogen) atoms. The first kappa shape index (κ1) is 13.3. The largest absolute Gasteiger partial charge is 0.379 e. The summed E-state index contributed by atoms with van der Waals surface area (Å²) >= 11 is 0. The van der Waals surface area contributed by atoms with Crippen LogP contribution < -0.4 is 11.2 Å². The molecule has 0 bridgehead atoms. The number of nitrogens with one attached hydrogen (secondary N) is 1. The topological polar surface area (TPSA) is 50.5 Å². The smallest absolute Gasteiger partial charge is 0.0608 e. The fourth-order valence-corrected chi connectivity index (χ4v) is 3.05. The van der Waals surface area contributed by atoms with Crippen LogP contribution in [0.25, 0.3) is 0 Å². The van der Waals surface area contributed by atoms with Crippen LogP contribution in [0.1, 0.15) is 33.1 Å². The number of nitrogens with zero attached hydrogens (tertiary/aromatic N) is 1. The van der Waals surface area contributed by atoms with Crippen molar-refractivity contribution in [1.82, 2.24) is 10.4 Å². The molecule has 0 radical (unpaired) electrons. The van der Waals surface area contributed by atoms with Gasteiger partial charge in [-0.3, -0.25) is 0 Å². The fourth-order valence-electron chi connectivity index (χ4n) is 3.05. The molecule has 1 saturated carbocycles. The summed E-state index contributed by atoms with van der Waals surface area (Å²) in [4.78, 5) is 0. The molecule has 0 spiro atoms. The maximum atomic E-state index is 6.04. The first-order valence-electron chi connectivity index (χ1n) is 6.96.